The Morgan fingerprint density at radius 2 is 2.24 bits per heavy atom. The van der Waals surface area contributed by atoms with Crippen LogP contribution in [0, 0.1) is 6.92 Å². The second-order valence-corrected chi connectivity index (χ2v) is 3.89. The lowest BCUT2D eigenvalue weighted by molar-refractivity contribution is 0.292. The molecule has 0 aliphatic carbocycles. The third-order valence-corrected chi connectivity index (χ3v) is 2.56. The van der Waals surface area contributed by atoms with Crippen LogP contribution in [0.5, 0.6) is 5.75 Å². The minimum atomic E-state index is 0.377. The molecule has 0 aliphatic rings. The van der Waals surface area contributed by atoms with Crippen molar-refractivity contribution in [2.75, 3.05) is 0 Å². The first kappa shape index (κ1) is 11.6. The smallest absolute Gasteiger partial charge is 0.142 e. The summed E-state index contributed by atoms with van der Waals surface area (Å²) in [5.74, 6) is 0.735. The maximum atomic E-state index is 5.70. The largest absolute Gasteiger partial charge is 0.485 e. The molecule has 5 nitrogen and oxygen atoms in total. The highest BCUT2D eigenvalue weighted by Gasteiger charge is 2.05. The summed E-state index contributed by atoms with van der Waals surface area (Å²) in [6, 6.07) is 3.82. The molecule has 0 spiro atoms. The van der Waals surface area contributed by atoms with Crippen molar-refractivity contribution in [3.63, 3.8) is 0 Å². The monoisotopic (exact) mass is 232 g/mol. The summed E-state index contributed by atoms with van der Waals surface area (Å²) in [5.41, 5.74) is 8.37. The van der Waals surface area contributed by atoms with E-state index in [1.807, 2.05) is 30.7 Å². The number of aromatic nitrogens is 3. The van der Waals surface area contributed by atoms with Crippen LogP contribution in [0.2, 0.25) is 0 Å². The van der Waals surface area contributed by atoms with Crippen molar-refractivity contribution in [1.29, 1.82) is 0 Å². The van der Waals surface area contributed by atoms with Gasteiger partial charge in [0.15, 0.2) is 0 Å². The first-order valence-corrected chi connectivity index (χ1v) is 5.45. The zero-order valence-electron chi connectivity index (χ0n) is 10.1. The first-order chi connectivity index (χ1) is 8.20. The van der Waals surface area contributed by atoms with Gasteiger partial charge in [-0.25, -0.2) is 4.98 Å². The molecule has 0 radical (unpaired) electrons. The van der Waals surface area contributed by atoms with E-state index in [4.69, 9.17) is 10.5 Å². The van der Waals surface area contributed by atoms with Crippen LogP contribution in [-0.4, -0.2) is 14.5 Å². The normalized spacial score (nSPS) is 10.5. The molecule has 2 heterocycles. The maximum absolute atomic E-state index is 5.70. The number of nitrogens with two attached hydrogens (primary N) is 1. The van der Waals surface area contributed by atoms with Crippen LogP contribution in [0.25, 0.3) is 0 Å². The molecule has 0 bridgehead atoms. The van der Waals surface area contributed by atoms with Crippen LogP contribution >= 0.6 is 0 Å². The fourth-order valence-corrected chi connectivity index (χ4v) is 1.55. The van der Waals surface area contributed by atoms with E-state index < -0.39 is 0 Å². The van der Waals surface area contributed by atoms with Gasteiger partial charge in [-0.05, 0) is 19.1 Å². The van der Waals surface area contributed by atoms with Crippen LogP contribution in [0.4, 0.5) is 0 Å². The predicted molar refractivity (Wildman–Crippen MR) is 64.4 cm³/mol. The Balaban J connectivity index is 2.11. The number of pyridine rings is 1. The number of rotatable bonds is 4. The van der Waals surface area contributed by atoms with Gasteiger partial charge < -0.3 is 15.0 Å². The molecule has 17 heavy (non-hydrogen) atoms. The molecular weight excluding hydrogens is 216 g/mol. The number of aryl methyl sites for hydroxylation is 2. The Morgan fingerprint density at radius 3 is 2.88 bits per heavy atom. The molecule has 2 aromatic heterocycles. The van der Waals surface area contributed by atoms with Gasteiger partial charge in [0.05, 0.1) is 23.9 Å². The van der Waals surface area contributed by atoms with Crippen molar-refractivity contribution in [3.8, 4) is 5.75 Å². The van der Waals surface area contributed by atoms with Gasteiger partial charge in [-0.1, -0.05) is 0 Å². The minimum Gasteiger partial charge on any atom is -0.485 e. The highest BCUT2D eigenvalue weighted by molar-refractivity contribution is 5.29. The molecule has 90 valence electrons. The fraction of sp³-hybridized carbons (Fsp3) is 0.333. The second kappa shape index (κ2) is 4.97. The van der Waals surface area contributed by atoms with E-state index in [1.54, 1.807) is 12.5 Å². The first-order valence-electron chi connectivity index (χ1n) is 5.45. The van der Waals surface area contributed by atoms with Crippen molar-refractivity contribution in [2.24, 2.45) is 12.8 Å². The standard InChI is InChI=1S/C12H16N4O/c1-9-3-4-12(11(5-13)15-9)17-7-10-6-14-8-16(10)2/h3-4,6,8H,5,7,13H2,1-2H3. The van der Waals surface area contributed by atoms with E-state index in [2.05, 4.69) is 9.97 Å². The van der Waals surface area contributed by atoms with Gasteiger partial charge in [0.25, 0.3) is 0 Å². The molecule has 0 amide bonds. The molecule has 0 unspecified atom stereocenters. The van der Waals surface area contributed by atoms with Gasteiger partial charge in [0.2, 0.25) is 0 Å². The Hall–Kier alpha value is -1.88. The van der Waals surface area contributed by atoms with Crippen molar-refractivity contribution in [3.05, 3.63) is 41.7 Å². The summed E-state index contributed by atoms with van der Waals surface area (Å²) in [6.45, 7) is 2.78. The molecule has 2 rings (SSSR count). The summed E-state index contributed by atoms with van der Waals surface area (Å²) >= 11 is 0. The SMILES string of the molecule is Cc1ccc(OCc2cncn2C)c(CN)n1. The molecule has 0 aromatic carbocycles. The van der Waals surface area contributed by atoms with Crippen LogP contribution in [-0.2, 0) is 20.2 Å². The molecular formula is C12H16N4O. The number of nitrogens with zero attached hydrogens (tertiary/aromatic N) is 3. The molecule has 0 saturated carbocycles. The van der Waals surface area contributed by atoms with E-state index in [1.165, 1.54) is 0 Å². The number of hydrogen-bond acceptors (Lipinski definition) is 4. The summed E-state index contributed by atoms with van der Waals surface area (Å²) in [5, 5.41) is 0. The summed E-state index contributed by atoms with van der Waals surface area (Å²) in [7, 11) is 1.93. The molecule has 0 saturated heterocycles. The third-order valence-electron chi connectivity index (χ3n) is 2.56. The molecule has 0 aliphatic heterocycles. The van der Waals surface area contributed by atoms with E-state index in [0.717, 1.165) is 22.8 Å². The maximum Gasteiger partial charge on any atom is 0.142 e. The van der Waals surface area contributed by atoms with Gasteiger partial charge >= 0.3 is 0 Å². The Bertz CT molecular complexity index is 507. The summed E-state index contributed by atoms with van der Waals surface area (Å²) in [4.78, 5) is 8.37. The van der Waals surface area contributed by atoms with E-state index in [-0.39, 0.29) is 0 Å². The topological polar surface area (TPSA) is 66.0 Å². The van der Waals surface area contributed by atoms with E-state index >= 15 is 0 Å². The van der Waals surface area contributed by atoms with E-state index in [9.17, 15) is 0 Å². The second-order valence-electron chi connectivity index (χ2n) is 3.89. The fourth-order valence-electron chi connectivity index (χ4n) is 1.55. The third kappa shape index (κ3) is 2.62. The lowest BCUT2D eigenvalue weighted by Crippen LogP contribution is -2.07. The van der Waals surface area contributed by atoms with Crippen molar-refractivity contribution in [1.82, 2.24) is 14.5 Å². The number of imidazole rings is 1. The zero-order valence-corrected chi connectivity index (χ0v) is 10.1. The quantitative estimate of drug-likeness (QED) is 0.859. The average molecular weight is 232 g/mol. The number of hydrogen-bond donors (Lipinski definition) is 1. The van der Waals surface area contributed by atoms with Crippen LogP contribution in [0.1, 0.15) is 17.1 Å². The molecule has 2 N–H and O–H groups in total. The minimum absolute atomic E-state index is 0.377. The van der Waals surface area contributed by atoms with Gasteiger partial charge in [0, 0.05) is 19.3 Å². The van der Waals surface area contributed by atoms with Gasteiger partial charge in [-0.15, -0.1) is 0 Å². The van der Waals surface area contributed by atoms with Crippen molar-refractivity contribution < 1.29 is 4.74 Å². The van der Waals surface area contributed by atoms with Crippen molar-refractivity contribution >= 4 is 0 Å². The average Bonchev–Trinajstić information content (AvgIpc) is 2.73. The predicted octanol–water partition coefficient (Wildman–Crippen LogP) is 1.16. The van der Waals surface area contributed by atoms with Crippen molar-refractivity contribution in [2.45, 2.75) is 20.1 Å². The van der Waals surface area contributed by atoms with Gasteiger partial charge in [0.1, 0.15) is 12.4 Å². The molecule has 0 fully saturated rings. The Labute approximate surface area is 100 Å². The van der Waals surface area contributed by atoms with Crippen LogP contribution in [0.3, 0.4) is 0 Å². The van der Waals surface area contributed by atoms with E-state index in [0.29, 0.717) is 13.2 Å². The molecule has 0 atom stereocenters. The Morgan fingerprint density at radius 1 is 1.41 bits per heavy atom. The van der Waals surface area contributed by atoms with Gasteiger partial charge in [-0.3, -0.25) is 4.98 Å². The van der Waals surface area contributed by atoms with Crippen LogP contribution < -0.4 is 10.5 Å². The highest BCUT2D eigenvalue weighted by atomic mass is 16.5. The lowest BCUT2D eigenvalue weighted by atomic mass is 10.3. The van der Waals surface area contributed by atoms with Gasteiger partial charge in [-0.2, -0.15) is 0 Å². The molecule has 5 heteroatoms. The summed E-state index contributed by atoms with van der Waals surface area (Å²) in [6.07, 6.45) is 3.53. The number of ether oxygens (including phenoxy) is 1. The van der Waals surface area contributed by atoms with Crippen LogP contribution in [0.15, 0.2) is 24.7 Å². The zero-order chi connectivity index (χ0) is 12.3. The highest BCUT2D eigenvalue weighted by Crippen LogP contribution is 2.17. The Kier molecular flexibility index (Phi) is 3.39. The molecule has 2 aromatic rings. The summed E-state index contributed by atoms with van der Waals surface area (Å²) < 4.78 is 7.63. The lowest BCUT2D eigenvalue weighted by Gasteiger charge is -2.10.